The van der Waals surface area contributed by atoms with Crippen molar-refractivity contribution < 1.29 is 9.47 Å². The molecule has 2 aliphatic rings. The minimum atomic E-state index is -0.857. The van der Waals surface area contributed by atoms with E-state index in [1.807, 2.05) is 49.4 Å². The SMILES string of the molecule is COc1ccc(C2(c3ccccc3)C=Cc3c4c(c5ccccc5c3O2)-c2c(cc(C)c3c(=O)n(-c5ccc(Br)cc5)[nH]c23)C4(C)C)cc1. The number of nitrogens with zero attached hydrogens (tertiary/aromatic N) is 1. The van der Waals surface area contributed by atoms with Crippen LogP contribution < -0.4 is 15.0 Å². The van der Waals surface area contributed by atoms with Gasteiger partial charge < -0.3 is 9.47 Å². The average molecular weight is 706 g/mol. The van der Waals surface area contributed by atoms with Crippen LogP contribution in [0, 0.1) is 6.92 Å². The number of H-pyrrole nitrogens is 1. The molecule has 240 valence electrons. The number of ether oxygens (including phenoxy) is 2. The first-order valence-corrected chi connectivity index (χ1v) is 17.2. The molecule has 49 heavy (non-hydrogen) atoms. The third-order valence-corrected chi connectivity index (χ3v) is 11.0. The summed E-state index contributed by atoms with van der Waals surface area (Å²) in [5, 5.41) is 6.39. The van der Waals surface area contributed by atoms with Gasteiger partial charge in [-0.25, -0.2) is 4.68 Å². The largest absolute Gasteiger partial charge is 0.497 e. The molecule has 6 aromatic carbocycles. The van der Waals surface area contributed by atoms with Gasteiger partial charge in [0.05, 0.1) is 23.7 Å². The van der Waals surface area contributed by atoms with E-state index in [2.05, 4.69) is 114 Å². The van der Waals surface area contributed by atoms with E-state index < -0.39 is 5.60 Å². The van der Waals surface area contributed by atoms with Gasteiger partial charge in [0.25, 0.3) is 5.56 Å². The molecule has 9 rings (SSSR count). The Morgan fingerprint density at radius 1 is 0.816 bits per heavy atom. The van der Waals surface area contributed by atoms with E-state index in [1.165, 1.54) is 11.1 Å². The van der Waals surface area contributed by atoms with Gasteiger partial charge in [0, 0.05) is 37.5 Å². The molecule has 1 aliphatic heterocycles. The summed E-state index contributed by atoms with van der Waals surface area (Å²) in [6.07, 6.45) is 4.46. The zero-order valence-corrected chi connectivity index (χ0v) is 29.2. The molecule has 1 unspecified atom stereocenters. The lowest BCUT2D eigenvalue weighted by Gasteiger charge is -2.38. The van der Waals surface area contributed by atoms with E-state index in [-0.39, 0.29) is 11.0 Å². The number of fused-ring (bicyclic) bond motifs is 10. The van der Waals surface area contributed by atoms with Crippen molar-refractivity contribution in [3.8, 4) is 28.3 Å². The molecule has 0 bridgehead atoms. The Hall–Kier alpha value is -5.33. The van der Waals surface area contributed by atoms with Gasteiger partial charge in [-0.15, -0.1) is 0 Å². The molecule has 5 nitrogen and oxygen atoms in total. The summed E-state index contributed by atoms with van der Waals surface area (Å²) in [7, 11) is 1.68. The molecule has 0 amide bonds. The molecule has 0 saturated heterocycles. The van der Waals surface area contributed by atoms with Crippen LogP contribution >= 0.6 is 15.9 Å². The Kier molecular flexibility index (Phi) is 6.43. The minimum absolute atomic E-state index is 0.0542. The van der Waals surface area contributed by atoms with Gasteiger partial charge in [-0.1, -0.05) is 109 Å². The van der Waals surface area contributed by atoms with E-state index in [0.717, 1.165) is 71.3 Å². The predicted molar refractivity (Wildman–Crippen MR) is 201 cm³/mol. The van der Waals surface area contributed by atoms with Gasteiger partial charge in [-0.2, -0.15) is 0 Å². The third kappa shape index (κ3) is 4.13. The van der Waals surface area contributed by atoms with Crippen LogP contribution in [-0.4, -0.2) is 16.9 Å². The third-order valence-electron chi connectivity index (χ3n) is 10.5. The molecule has 0 saturated carbocycles. The number of rotatable bonds is 4. The lowest BCUT2D eigenvalue weighted by Crippen LogP contribution is -2.35. The van der Waals surface area contributed by atoms with Crippen molar-refractivity contribution in [2.75, 3.05) is 7.11 Å². The van der Waals surface area contributed by atoms with Gasteiger partial charge >= 0.3 is 0 Å². The smallest absolute Gasteiger partial charge is 0.279 e. The maximum absolute atomic E-state index is 14.1. The molecular formula is C43H33BrN2O3. The maximum atomic E-state index is 14.1. The highest BCUT2D eigenvalue weighted by Gasteiger charge is 2.45. The van der Waals surface area contributed by atoms with Crippen molar-refractivity contribution in [2.24, 2.45) is 0 Å². The Balaban J connectivity index is 1.35. The summed E-state index contributed by atoms with van der Waals surface area (Å²) in [5.74, 6) is 1.65. The number of halogens is 1. The minimum Gasteiger partial charge on any atom is -0.497 e. The second kappa shape index (κ2) is 10.6. The number of benzene rings is 6. The molecule has 1 N–H and O–H groups in total. The Morgan fingerprint density at radius 2 is 1.49 bits per heavy atom. The van der Waals surface area contributed by atoms with Crippen LogP contribution in [-0.2, 0) is 11.0 Å². The molecule has 0 radical (unpaired) electrons. The number of methoxy groups -OCH3 is 1. The van der Waals surface area contributed by atoms with Gasteiger partial charge in [0.15, 0.2) is 5.60 Å². The lowest BCUT2D eigenvalue weighted by molar-refractivity contribution is 0.163. The van der Waals surface area contributed by atoms with E-state index in [1.54, 1.807) is 11.8 Å². The van der Waals surface area contributed by atoms with Gasteiger partial charge in [-0.3, -0.25) is 9.89 Å². The summed E-state index contributed by atoms with van der Waals surface area (Å²) in [5.41, 5.74) is 9.05. The summed E-state index contributed by atoms with van der Waals surface area (Å²) in [6.45, 7) is 6.62. The molecule has 1 atom stereocenters. The number of nitrogens with one attached hydrogen (secondary N) is 1. The normalized spacial score (nSPS) is 17.1. The molecule has 2 heterocycles. The maximum Gasteiger partial charge on any atom is 0.279 e. The van der Waals surface area contributed by atoms with Crippen molar-refractivity contribution in [2.45, 2.75) is 31.8 Å². The monoisotopic (exact) mass is 704 g/mol. The van der Waals surface area contributed by atoms with Crippen LogP contribution in [0.2, 0.25) is 0 Å². The van der Waals surface area contributed by atoms with Crippen molar-refractivity contribution in [1.29, 1.82) is 0 Å². The lowest BCUT2D eigenvalue weighted by atomic mass is 9.76. The second-order valence-electron chi connectivity index (χ2n) is 13.5. The highest BCUT2D eigenvalue weighted by atomic mass is 79.9. The fraction of sp³-hybridized carbons (Fsp3) is 0.140. The molecule has 0 spiro atoms. The molecule has 6 heteroatoms. The van der Waals surface area contributed by atoms with Crippen LogP contribution in [0.1, 0.15) is 47.2 Å². The number of aromatic nitrogens is 2. The van der Waals surface area contributed by atoms with Crippen LogP contribution in [0.3, 0.4) is 0 Å². The standard InChI is InChI=1S/C43H33BrN2O3/c1-25-24-34-37(39-35(25)41(47)46(45-39)29-18-16-28(44)17-19-29)36-31-12-8-9-13-32(31)40-33(38(36)42(34,2)3)22-23-43(49-40,26-10-6-5-7-11-26)27-14-20-30(48-4)21-15-27/h5-24,45H,1-4H3. The molecular weight excluding hydrogens is 672 g/mol. The van der Waals surface area contributed by atoms with Gasteiger partial charge in [0.1, 0.15) is 11.5 Å². The zero-order valence-electron chi connectivity index (χ0n) is 27.6. The van der Waals surface area contributed by atoms with Crippen LogP contribution in [0.25, 0.3) is 44.6 Å². The molecule has 0 fully saturated rings. The van der Waals surface area contributed by atoms with Gasteiger partial charge in [0.2, 0.25) is 0 Å². The van der Waals surface area contributed by atoms with E-state index in [9.17, 15) is 4.79 Å². The highest BCUT2D eigenvalue weighted by Crippen LogP contribution is 2.59. The number of hydrogen-bond acceptors (Lipinski definition) is 3. The summed E-state index contributed by atoms with van der Waals surface area (Å²) >= 11 is 3.53. The number of hydrogen-bond donors (Lipinski definition) is 1. The van der Waals surface area contributed by atoms with E-state index >= 15 is 0 Å². The predicted octanol–water partition coefficient (Wildman–Crippen LogP) is 10.2. The first-order valence-electron chi connectivity index (χ1n) is 16.5. The summed E-state index contributed by atoms with van der Waals surface area (Å²) in [4.78, 5) is 14.1. The van der Waals surface area contributed by atoms with Crippen LogP contribution in [0.4, 0.5) is 0 Å². The van der Waals surface area contributed by atoms with Crippen molar-refractivity contribution in [3.05, 3.63) is 163 Å². The highest BCUT2D eigenvalue weighted by molar-refractivity contribution is 9.10. The quantitative estimate of drug-likeness (QED) is 0.198. The fourth-order valence-corrected chi connectivity index (χ4v) is 8.40. The van der Waals surface area contributed by atoms with Gasteiger partial charge in [-0.05, 0) is 77.0 Å². The average Bonchev–Trinajstić information content (AvgIpc) is 3.60. The first kappa shape index (κ1) is 29.8. The fourth-order valence-electron chi connectivity index (χ4n) is 8.14. The Morgan fingerprint density at radius 3 is 2.20 bits per heavy atom. The molecule has 7 aromatic rings. The van der Waals surface area contributed by atoms with Crippen LogP contribution in [0.15, 0.2) is 125 Å². The summed E-state index contributed by atoms with van der Waals surface area (Å²) in [6, 6.07) is 37.1. The zero-order chi connectivity index (χ0) is 33.7. The number of aromatic amines is 1. The Labute approximate surface area is 292 Å². The first-order chi connectivity index (χ1) is 23.7. The Bertz CT molecular complexity index is 2560. The van der Waals surface area contributed by atoms with E-state index in [0.29, 0.717) is 5.39 Å². The summed E-state index contributed by atoms with van der Waals surface area (Å²) < 4.78 is 15.5. The van der Waals surface area contributed by atoms with E-state index in [4.69, 9.17) is 9.47 Å². The van der Waals surface area contributed by atoms with Crippen molar-refractivity contribution >= 4 is 43.7 Å². The second-order valence-corrected chi connectivity index (χ2v) is 14.4. The van der Waals surface area contributed by atoms with Crippen molar-refractivity contribution in [3.63, 3.8) is 0 Å². The topological polar surface area (TPSA) is 56.2 Å². The number of aryl methyl sites for hydroxylation is 1. The van der Waals surface area contributed by atoms with Crippen molar-refractivity contribution in [1.82, 2.24) is 9.78 Å². The molecule has 1 aromatic heterocycles. The van der Waals surface area contributed by atoms with Crippen LogP contribution in [0.5, 0.6) is 11.5 Å². The molecule has 1 aliphatic carbocycles.